The maximum absolute atomic E-state index is 13.6. The summed E-state index contributed by atoms with van der Waals surface area (Å²) in [6.07, 6.45) is 20.3. The third-order valence-corrected chi connectivity index (χ3v) is 26.5. The first-order valence-electron chi connectivity index (χ1n) is 51.0. The molecule has 806 valence electrons. The zero-order valence-electron chi connectivity index (χ0n) is 87.1. The van der Waals surface area contributed by atoms with Crippen molar-refractivity contribution in [2.24, 2.45) is 4.99 Å². The summed E-state index contributed by atoms with van der Waals surface area (Å²) in [5, 5.41) is 38.4. The van der Waals surface area contributed by atoms with Crippen molar-refractivity contribution in [3.05, 3.63) is 189 Å². The highest BCUT2D eigenvalue weighted by atomic mass is 16.6. The van der Waals surface area contributed by atoms with Crippen molar-refractivity contribution >= 4 is 95.1 Å². The van der Waals surface area contributed by atoms with Gasteiger partial charge in [-0.05, 0) is 173 Å². The topological polar surface area (TPSA) is 508 Å². The van der Waals surface area contributed by atoms with Crippen molar-refractivity contribution < 1.29 is 116 Å². The van der Waals surface area contributed by atoms with Crippen LogP contribution < -0.4 is 34.5 Å². The molecule has 4 saturated heterocycles. The molecular weight excluding hydrogens is 1940 g/mol. The molecule has 4 fully saturated rings. The van der Waals surface area contributed by atoms with Crippen LogP contribution >= 0.6 is 0 Å². The Hall–Kier alpha value is -15.2. The molecule has 9 amide bonds. The van der Waals surface area contributed by atoms with Gasteiger partial charge in [-0.3, -0.25) is 53.5 Å². The number of amides is 9. The minimum atomic E-state index is -0.996. The van der Waals surface area contributed by atoms with E-state index in [1.807, 2.05) is 53.5 Å². The summed E-state index contributed by atoms with van der Waals surface area (Å²) >= 11 is 0. The molecule has 0 aliphatic carbocycles. The normalized spacial score (nSPS) is 16.6. The molecule has 150 heavy (non-hydrogen) atoms. The summed E-state index contributed by atoms with van der Waals surface area (Å²) in [6.45, 7) is 20.3. The molecule has 9 aliphatic heterocycles. The van der Waals surface area contributed by atoms with E-state index >= 15 is 0 Å². The van der Waals surface area contributed by atoms with E-state index in [-0.39, 0.29) is 80.9 Å². The van der Waals surface area contributed by atoms with Crippen LogP contribution in [-0.2, 0) is 87.7 Å². The number of aliphatic hydroxyl groups excluding tert-OH is 1. The van der Waals surface area contributed by atoms with Gasteiger partial charge in [0.15, 0.2) is 5.84 Å². The standard InChI is InChI=1S/C29H37N5O7.C25H33N5O5.C25H33N5O4.C23H29N5O5.C4H6O3/c1-5-40-27(37)17-24(22-9-11-26(39-4)30-18-22)34-16-15-32(29(34)38)14-12-25(41-20(3)36)23-10-8-21-7-6-13-33(19(2)35)28(21)31-23;1-3-35-23(31)16-21(19-9-11-22(34-2)27-17-19)29-15-14-28(25(29)32)13-5-7-20-10-8-18-6-4-12-26-24(18)30(20)33;1-3-34-23(31)16-21(19-9-11-22(33-2)27-17-19)30-15-14-29(25(30)32)13-5-7-20-10-8-18-6-4-12-26-24(18)28-20;1-33-20-7-5-16(14-25-20)18(13-21(30)31)28-12-11-27(23(28)32)10-8-19(29)17-6-4-15-3-2-9-24-22(15)26-17;1-3(5)7-4(2)6/h8-11,18,24-25H,5-7,12-17H2,1-4H3;8-11,17,21,33H,3-7,12-16H2,1-2H3;8-11,17,21H,3-7,12-16H2,1-2H3,(H,26,28);4-7,14,18-19,29H,2-3,8-13H2,1H3,(H,24,26)(H,30,31);1-2H3/t24-,25?;2*21-;18-,19?;/m0000./s1. The fourth-order valence-electron chi connectivity index (χ4n) is 19.0. The number of aromatic nitrogens is 7. The van der Waals surface area contributed by atoms with Gasteiger partial charge in [-0.25, -0.2) is 59.1 Å². The molecule has 44 heteroatoms. The van der Waals surface area contributed by atoms with E-state index in [0.717, 1.165) is 135 Å². The number of aliphatic hydroxyl groups is 1. The number of nitrogens with zero attached hydrogens (tertiary/aromatic N) is 18. The van der Waals surface area contributed by atoms with Gasteiger partial charge in [-0.2, -0.15) is 0 Å². The van der Waals surface area contributed by atoms with Crippen LogP contribution in [0.4, 0.5) is 36.6 Å². The second-order valence-electron chi connectivity index (χ2n) is 36.6. The van der Waals surface area contributed by atoms with E-state index in [2.05, 4.69) is 57.4 Å². The van der Waals surface area contributed by atoms with Crippen molar-refractivity contribution in [3.8, 4) is 23.5 Å². The molecule has 6 atom stereocenters. The molecule has 16 heterocycles. The number of pyridine rings is 7. The van der Waals surface area contributed by atoms with E-state index < -0.39 is 66.2 Å². The van der Waals surface area contributed by atoms with Crippen molar-refractivity contribution in [3.63, 3.8) is 0 Å². The van der Waals surface area contributed by atoms with Crippen molar-refractivity contribution in [1.29, 1.82) is 0 Å². The lowest BCUT2D eigenvalue weighted by Crippen LogP contribution is -2.37. The van der Waals surface area contributed by atoms with Gasteiger partial charge in [0.05, 0.1) is 116 Å². The summed E-state index contributed by atoms with van der Waals surface area (Å²) in [7, 11) is 6.11. The largest absolute Gasteiger partial charge is 0.481 e. The fourth-order valence-corrected chi connectivity index (χ4v) is 19.0. The molecule has 2 unspecified atom stereocenters. The number of carboxylic acid groups (broad SMARTS) is 1. The van der Waals surface area contributed by atoms with Gasteiger partial charge >= 0.3 is 65.9 Å². The molecule has 0 bridgehead atoms. The summed E-state index contributed by atoms with van der Waals surface area (Å²) in [4.78, 5) is 196. The van der Waals surface area contributed by atoms with Gasteiger partial charge < -0.3 is 103 Å². The van der Waals surface area contributed by atoms with Crippen LogP contribution in [-0.4, -0.2) is 325 Å². The second-order valence-corrected chi connectivity index (χ2v) is 36.6. The number of urea groups is 4. The predicted molar refractivity (Wildman–Crippen MR) is 548 cm³/mol. The third-order valence-electron chi connectivity index (χ3n) is 26.5. The highest BCUT2D eigenvalue weighted by Crippen LogP contribution is 2.39. The van der Waals surface area contributed by atoms with Gasteiger partial charge in [-0.1, -0.05) is 48.5 Å². The molecule has 0 aromatic carbocycles. The summed E-state index contributed by atoms with van der Waals surface area (Å²) in [5.41, 5.74) is 10.3. The number of hydrogen-bond acceptors (Lipinski definition) is 34. The number of amidine groups is 1. The number of aliphatic carboxylic acids is 1. The van der Waals surface area contributed by atoms with E-state index in [0.29, 0.717) is 175 Å². The Morgan fingerprint density at radius 3 is 1.27 bits per heavy atom. The first-order valence-corrected chi connectivity index (χ1v) is 51.0. The number of carbonyl (C=O) groups excluding carboxylic acids is 11. The number of fused-ring (bicyclic) bond motifs is 4. The number of esters is 6. The molecule has 0 radical (unpaired) electrons. The summed E-state index contributed by atoms with van der Waals surface area (Å²) in [6, 6.07) is 23.1. The lowest BCUT2D eigenvalue weighted by atomic mass is 10.0. The third kappa shape index (κ3) is 31.4. The zero-order chi connectivity index (χ0) is 107. The molecule has 7 aromatic rings. The number of hydroxylamine groups is 2. The lowest BCUT2D eigenvalue weighted by molar-refractivity contribution is -0.156. The number of anilines is 3. The zero-order valence-corrected chi connectivity index (χ0v) is 87.1. The number of carbonyl (C=O) groups is 12. The Labute approximate surface area is 872 Å². The lowest BCUT2D eigenvalue weighted by Gasteiger charge is -2.29. The monoisotopic (exact) mass is 2080 g/mol. The number of hydrogen-bond donors (Lipinski definition) is 5. The van der Waals surface area contributed by atoms with E-state index in [1.165, 1.54) is 59.7 Å². The Morgan fingerprint density at radius 1 is 0.433 bits per heavy atom. The number of aryl methyl sites for hydroxylation is 4. The van der Waals surface area contributed by atoms with E-state index in [9.17, 15) is 73.0 Å². The number of methoxy groups -OCH3 is 4. The van der Waals surface area contributed by atoms with Crippen LogP contribution in [0.1, 0.15) is 231 Å². The Morgan fingerprint density at radius 2 is 0.853 bits per heavy atom. The van der Waals surface area contributed by atoms with Crippen molar-refractivity contribution in [2.75, 3.05) is 169 Å². The van der Waals surface area contributed by atoms with Gasteiger partial charge in [0.1, 0.15) is 23.6 Å². The highest BCUT2D eigenvalue weighted by molar-refractivity contribution is 6.00. The number of aliphatic imine (C=N–C) groups is 1. The van der Waals surface area contributed by atoms with Crippen LogP contribution in [0.3, 0.4) is 0 Å². The molecule has 7 aromatic heterocycles. The number of rotatable bonds is 40. The molecule has 0 spiro atoms. The molecule has 16 rings (SSSR count). The molecule has 9 aliphatic rings. The van der Waals surface area contributed by atoms with Crippen molar-refractivity contribution in [1.82, 2.24) is 79.2 Å². The number of nitrogens with one attached hydrogen (secondary N) is 2. The van der Waals surface area contributed by atoms with Gasteiger partial charge in [0.2, 0.25) is 29.4 Å². The highest BCUT2D eigenvalue weighted by Gasteiger charge is 2.42. The van der Waals surface area contributed by atoms with Gasteiger partial charge in [0.25, 0.3) is 0 Å². The van der Waals surface area contributed by atoms with Gasteiger partial charge in [0, 0.05) is 199 Å². The average Bonchev–Trinajstić information content (AvgIpc) is 1.31. The van der Waals surface area contributed by atoms with Gasteiger partial charge in [-0.15, -0.1) is 0 Å². The molecule has 5 N–H and O–H groups in total. The average molecular weight is 2080 g/mol. The quantitative estimate of drug-likeness (QED) is 0.0135. The van der Waals surface area contributed by atoms with Crippen LogP contribution in [0.5, 0.6) is 23.5 Å². The first-order chi connectivity index (χ1) is 72.4. The van der Waals surface area contributed by atoms with Crippen LogP contribution in [0, 0.1) is 0 Å². The first kappa shape index (κ1) is 113. The second kappa shape index (κ2) is 56.2. The number of carboxylic acids is 1. The minimum absolute atomic E-state index is 0.0107. The molecule has 44 nitrogen and oxygen atoms in total. The van der Waals surface area contributed by atoms with E-state index in [4.69, 9.17) is 47.9 Å². The Kier molecular flexibility index (Phi) is 42.5. The molecular formula is C106H138N20O24. The number of ether oxygens (including phenoxy) is 9. The number of allylic oxidation sites excluding steroid dienone is 3. The summed E-state index contributed by atoms with van der Waals surface area (Å²) in [5.74, 6) is 1.09. The Balaban J connectivity index is 0.000000174. The van der Waals surface area contributed by atoms with Crippen LogP contribution in [0.15, 0.2) is 138 Å². The minimum Gasteiger partial charge on any atom is -0.481 e. The SMILES string of the molecule is CC(=O)OC(C)=O.CCOC(=O)C[C@@H](c1ccc(OC)nc1)N1CCN(CCC(OC(C)=O)c2ccc3c(n2)N(C(C)=O)CCC3)C1=O.CCOC(=O)C[C@@H](c1ccc(OC)nc1)N1CCN(CCCC2=CC=C3CCCN=C3N2O)C1=O.CCOC(=O)C[C@@H](c1ccc(OC)nc1)N1CCN(CCCc2ccc3c(n2)NCCC3)C1=O.COc1ccc([C@H](CC(=O)O)N2CCN(CCC(O)c3ccc4c(n3)NCCC4)C2=O)cn1. The molecule has 0 saturated carbocycles. The predicted octanol–water partition coefficient (Wildman–Crippen LogP) is 12.0. The van der Waals surface area contributed by atoms with Crippen molar-refractivity contribution in [2.45, 2.75) is 200 Å². The maximum atomic E-state index is 13.6. The maximum Gasteiger partial charge on any atom is 0.320 e. The van der Waals surface area contributed by atoms with E-state index in [1.54, 1.807) is 128 Å². The smallest absolute Gasteiger partial charge is 0.320 e. The summed E-state index contributed by atoms with van der Waals surface area (Å²) < 4.78 is 45.6. The van der Waals surface area contributed by atoms with Crippen LogP contribution in [0.25, 0.3) is 0 Å². The fraction of sp³-hybridized carbons (Fsp3) is 0.509. The Bertz CT molecular complexity index is 5890. The van der Waals surface area contributed by atoms with Crippen LogP contribution in [0.2, 0.25) is 0 Å².